The number of carbonyl (C=O) groups is 1. The zero-order valence-electron chi connectivity index (χ0n) is 14.5. The van der Waals surface area contributed by atoms with Crippen molar-refractivity contribution in [1.29, 1.82) is 0 Å². The second-order valence-corrected chi connectivity index (χ2v) is 7.50. The maximum absolute atomic E-state index is 12.0. The Morgan fingerprint density at radius 1 is 1.12 bits per heavy atom. The van der Waals surface area contributed by atoms with Crippen LogP contribution in [0.5, 0.6) is 0 Å². The van der Waals surface area contributed by atoms with Crippen molar-refractivity contribution in [3.8, 4) is 0 Å². The number of carbonyl (C=O) groups excluding carboxylic acids is 1. The lowest BCUT2D eigenvalue weighted by molar-refractivity contribution is -0.115. The van der Waals surface area contributed by atoms with Crippen LogP contribution in [0.1, 0.15) is 24.8 Å². The smallest absolute Gasteiger partial charge is 0.159 e. The number of ketones is 1. The number of hydrogen-bond donors (Lipinski definition) is 0. The van der Waals surface area contributed by atoms with Crippen molar-refractivity contribution in [2.45, 2.75) is 24.8 Å². The van der Waals surface area contributed by atoms with Gasteiger partial charge >= 0.3 is 0 Å². The van der Waals surface area contributed by atoms with Crippen molar-refractivity contribution in [2.75, 3.05) is 12.1 Å². The minimum absolute atomic E-state index is 0.109. The van der Waals surface area contributed by atoms with E-state index in [1.165, 1.54) is 0 Å². The summed E-state index contributed by atoms with van der Waals surface area (Å²) >= 11 is 3.48. The monoisotopic (exact) mass is 410 g/mol. The fourth-order valence-electron chi connectivity index (χ4n) is 3.72. The number of hydrazone groups is 1. The molecule has 1 aliphatic carbocycles. The van der Waals surface area contributed by atoms with Gasteiger partial charge in [0.1, 0.15) is 11.3 Å². The van der Waals surface area contributed by atoms with Crippen molar-refractivity contribution < 1.29 is 9.53 Å². The first-order valence-corrected chi connectivity index (χ1v) is 9.39. The lowest BCUT2D eigenvalue weighted by Gasteiger charge is -2.40. The van der Waals surface area contributed by atoms with Crippen molar-refractivity contribution in [3.63, 3.8) is 0 Å². The number of methoxy groups -OCH3 is 1. The molecule has 2 aromatic rings. The Labute approximate surface area is 161 Å². The lowest BCUT2D eigenvalue weighted by Crippen LogP contribution is -2.47. The standard InChI is InChI=1S/C21H19BrN2O2/c1-26-20-13-18(25)11-12-21(20)14-19(15-7-9-16(22)10-8-15)23-24(21)17-5-3-2-4-6-17/h2-10,13H,11-12,14H2,1H3. The van der Waals surface area contributed by atoms with E-state index in [4.69, 9.17) is 9.84 Å². The molecule has 1 heterocycles. The number of benzene rings is 2. The fraction of sp³-hybridized carbons (Fsp3) is 0.238. The summed E-state index contributed by atoms with van der Waals surface area (Å²) < 4.78 is 6.71. The predicted molar refractivity (Wildman–Crippen MR) is 106 cm³/mol. The number of ether oxygens (including phenoxy) is 1. The molecular formula is C21H19BrN2O2. The molecule has 26 heavy (non-hydrogen) atoms. The van der Waals surface area contributed by atoms with Crippen LogP contribution >= 0.6 is 15.9 Å². The average molecular weight is 411 g/mol. The van der Waals surface area contributed by atoms with Gasteiger partial charge in [-0.1, -0.05) is 46.3 Å². The largest absolute Gasteiger partial charge is 0.498 e. The third kappa shape index (κ3) is 2.86. The Kier molecular flexibility index (Phi) is 4.41. The van der Waals surface area contributed by atoms with Gasteiger partial charge in [0.15, 0.2) is 5.78 Å². The normalized spacial score (nSPS) is 22.4. The molecule has 1 spiro atoms. The van der Waals surface area contributed by atoms with Crippen molar-refractivity contribution in [3.05, 3.63) is 76.5 Å². The molecule has 1 unspecified atom stereocenters. The van der Waals surface area contributed by atoms with E-state index in [9.17, 15) is 4.79 Å². The van der Waals surface area contributed by atoms with Gasteiger partial charge in [-0.3, -0.25) is 9.80 Å². The minimum Gasteiger partial charge on any atom is -0.498 e. The molecular weight excluding hydrogens is 392 g/mol. The van der Waals surface area contributed by atoms with E-state index in [2.05, 4.69) is 28.1 Å². The van der Waals surface area contributed by atoms with E-state index >= 15 is 0 Å². The number of allylic oxidation sites excluding steroid dienone is 1. The first-order chi connectivity index (χ1) is 12.6. The maximum Gasteiger partial charge on any atom is 0.159 e. The van der Waals surface area contributed by atoms with Crippen LogP contribution in [0.25, 0.3) is 0 Å². The molecule has 4 nitrogen and oxygen atoms in total. The van der Waals surface area contributed by atoms with Crippen LogP contribution in [0.3, 0.4) is 0 Å². The Morgan fingerprint density at radius 2 is 1.85 bits per heavy atom. The summed E-state index contributed by atoms with van der Waals surface area (Å²) in [5.41, 5.74) is 2.63. The molecule has 0 aromatic heterocycles. The quantitative estimate of drug-likeness (QED) is 0.736. The van der Waals surface area contributed by atoms with Crippen molar-refractivity contribution in [2.24, 2.45) is 5.10 Å². The molecule has 0 radical (unpaired) electrons. The van der Waals surface area contributed by atoms with Crippen molar-refractivity contribution in [1.82, 2.24) is 0 Å². The highest BCUT2D eigenvalue weighted by molar-refractivity contribution is 9.10. The highest BCUT2D eigenvalue weighted by atomic mass is 79.9. The first kappa shape index (κ1) is 17.0. The number of rotatable bonds is 3. The fourth-order valence-corrected chi connectivity index (χ4v) is 3.98. The number of nitrogens with zero attached hydrogens (tertiary/aromatic N) is 2. The van der Waals surface area contributed by atoms with Gasteiger partial charge in [0.05, 0.1) is 18.5 Å². The lowest BCUT2D eigenvalue weighted by atomic mass is 9.80. The van der Waals surface area contributed by atoms with E-state index in [1.54, 1.807) is 13.2 Å². The summed E-state index contributed by atoms with van der Waals surface area (Å²) in [7, 11) is 1.63. The summed E-state index contributed by atoms with van der Waals surface area (Å²) in [6.45, 7) is 0. The van der Waals surface area contributed by atoms with Crippen LogP contribution in [-0.4, -0.2) is 24.1 Å². The Morgan fingerprint density at radius 3 is 2.54 bits per heavy atom. The van der Waals surface area contributed by atoms with Gasteiger partial charge < -0.3 is 4.74 Å². The van der Waals surface area contributed by atoms with Gasteiger partial charge in [-0.15, -0.1) is 0 Å². The number of anilines is 1. The molecule has 1 aliphatic heterocycles. The van der Waals surface area contributed by atoms with Crippen LogP contribution in [0.2, 0.25) is 0 Å². The van der Waals surface area contributed by atoms with Gasteiger partial charge in [-0.05, 0) is 36.2 Å². The van der Waals surface area contributed by atoms with Gasteiger partial charge in [0.2, 0.25) is 0 Å². The zero-order chi connectivity index (χ0) is 18.1. The van der Waals surface area contributed by atoms with Crippen LogP contribution in [-0.2, 0) is 9.53 Å². The SMILES string of the molecule is COC1=CC(=O)CCC12CC(c1ccc(Br)cc1)=NN2c1ccccc1. The predicted octanol–water partition coefficient (Wildman–Crippen LogP) is 4.70. The Balaban J connectivity index is 1.82. The summed E-state index contributed by atoms with van der Waals surface area (Å²) in [4.78, 5) is 12.0. The van der Waals surface area contributed by atoms with E-state index in [-0.39, 0.29) is 5.78 Å². The summed E-state index contributed by atoms with van der Waals surface area (Å²) in [5, 5.41) is 6.99. The number of hydrogen-bond acceptors (Lipinski definition) is 4. The Hall–Kier alpha value is -2.40. The number of para-hydroxylation sites is 1. The molecule has 0 N–H and O–H groups in total. The molecule has 4 rings (SSSR count). The average Bonchev–Trinajstić information content (AvgIpc) is 3.05. The van der Waals surface area contributed by atoms with E-state index in [0.29, 0.717) is 25.0 Å². The zero-order valence-corrected chi connectivity index (χ0v) is 16.1. The summed E-state index contributed by atoms with van der Waals surface area (Å²) in [6, 6.07) is 18.2. The third-order valence-corrected chi connectivity index (χ3v) is 5.55. The molecule has 0 saturated heterocycles. The Bertz CT molecular complexity index is 890. The third-order valence-electron chi connectivity index (χ3n) is 5.02. The van der Waals surface area contributed by atoms with E-state index in [1.807, 2.05) is 47.5 Å². The molecule has 5 heteroatoms. The molecule has 0 amide bonds. The first-order valence-electron chi connectivity index (χ1n) is 8.60. The van der Waals surface area contributed by atoms with Gasteiger partial charge in [-0.2, -0.15) is 5.10 Å². The second-order valence-electron chi connectivity index (χ2n) is 6.59. The van der Waals surface area contributed by atoms with Crippen LogP contribution in [0, 0.1) is 0 Å². The summed E-state index contributed by atoms with van der Waals surface area (Å²) in [6.07, 6.45) is 3.53. The molecule has 0 bridgehead atoms. The van der Waals surface area contributed by atoms with Gasteiger partial charge in [-0.25, -0.2) is 0 Å². The maximum atomic E-state index is 12.0. The van der Waals surface area contributed by atoms with Gasteiger partial charge in [0.25, 0.3) is 0 Å². The van der Waals surface area contributed by atoms with Crippen LogP contribution in [0.4, 0.5) is 5.69 Å². The number of halogens is 1. The van der Waals surface area contributed by atoms with Crippen LogP contribution < -0.4 is 5.01 Å². The molecule has 2 aliphatic rings. The highest BCUT2D eigenvalue weighted by Crippen LogP contribution is 2.45. The topological polar surface area (TPSA) is 41.9 Å². The van der Waals surface area contributed by atoms with E-state index < -0.39 is 5.54 Å². The molecule has 132 valence electrons. The van der Waals surface area contributed by atoms with Crippen LogP contribution in [0.15, 0.2) is 76.0 Å². The second kappa shape index (κ2) is 6.72. The van der Waals surface area contributed by atoms with Gasteiger partial charge in [0, 0.05) is 23.4 Å². The highest BCUT2D eigenvalue weighted by Gasteiger charge is 2.49. The molecule has 2 aromatic carbocycles. The van der Waals surface area contributed by atoms with E-state index in [0.717, 1.165) is 21.4 Å². The van der Waals surface area contributed by atoms with Crippen molar-refractivity contribution >= 4 is 33.1 Å². The molecule has 0 saturated carbocycles. The molecule has 0 fully saturated rings. The molecule has 1 atom stereocenters. The minimum atomic E-state index is -0.452. The summed E-state index contributed by atoms with van der Waals surface area (Å²) in [5.74, 6) is 0.797.